The molecular weight excluding hydrogens is 364 g/mol. The molecule has 0 aliphatic rings. The van der Waals surface area contributed by atoms with E-state index < -0.39 is 11.6 Å². The smallest absolute Gasteiger partial charge is 0.336 e. The van der Waals surface area contributed by atoms with E-state index in [1.807, 2.05) is 0 Å². The normalized spacial score (nSPS) is 11.2. The van der Waals surface area contributed by atoms with Crippen molar-refractivity contribution < 1.29 is 28.6 Å². The minimum absolute atomic E-state index is 0.00871. The first-order chi connectivity index (χ1) is 13.4. The standard InChI is InChI=1S/C21H16O7/c1-10-7-17(24)27-20-13(10)8-14-15(9-16(22)23)19(28-21(14)18(20)25)11-3-5-12(26-2)6-4-11/h3-8,25H,9H2,1-2H3,(H,22,23). The predicted octanol–water partition coefficient (Wildman–Crippen LogP) is 3.86. The molecule has 0 fully saturated rings. The number of carbonyl (C=O) groups is 1. The van der Waals surface area contributed by atoms with Gasteiger partial charge in [0, 0.05) is 28.0 Å². The van der Waals surface area contributed by atoms with E-state index in [9.17, 15) is 19.8 Å². The Bertz CT molecular complexity index is 1280. The monoisotopic (exact) mass is 380 g/mol. The fraction of sp³-hybridized carbons (Fsp3) is 0.143. The van der Waals surface area contributed by atoms with Crippen LogP contribution >= 0.6 is 0 Å². The molecule has 28 heavy (non-hydrogen) atoms. The summed E-state index contributed by atoms with van der Waals surface area (Å²) < 4.78 is 16.2. The first-order valence-corrected chi connectivity index (χ1v) is 8.47. The average molecular weight is 380 g/mol. The molecule has 4 aromatic rings. The number of aliphatic carboxylic acids is 1. The van der Waals surface area contributed by atoms with E-state index in [0.29, 0.717) is 39.0 Å². The van der Waals surface area contributed by atoms with Crippen LogP contribution in [0.15, 0.2) is 50.0 Å². The topological polar surface area (TPSA) is 110 Å². The molecule has 0 saturated heterocycles. The van der Waals surface area contributed by atoms with Gasteiger partial charge in [-0.15, -0.1) is 0 Å². The van der Waals surface area contributed by atoms with Crippen molar-refractivity contribution in [1.29, 1.82) is 0 Å². The third kappa shape index (κ3) is 2.77. The molecule has 2 aromatic carbocycles. The lowest BCUT2D eigenvalue weighted by Gasteiger charge is -2.04. The molecule has 0 unspecified atom stereocenters. The molecule has 0 spiro atoms. The molecule has 0 radical (unpaired) electrons. The van der Waals surface area contributed by atoms with Crippen LogP contribution in [0.2, 0.25) is 0 Å². The minimum atomic E-state index is -1.03. The summed E-state index contributed by atoms with van der Waals surface area (Å²) in [4.78, 5) is 23.2. The Kier molecular flexibility index (Phi) is 4.07. The van der Waals surface area contributed by atoms with Crippen LogP contribution in [0.25, 0.3) is 33.3 Å². The van der Waals surface area contributed by atoms with Gasteiger partial charge in [-0.3, -0.25) is 4.79 Å². The summed E-state index contributed by atoms with van der Waals surface area (Å²) in [7, 11) is 1.55. The first kappa shape index (κ1) is 17.7. The van der Waals surface area contributed by atoms with Crippen LogP contribution in [0.4, 0.5) is 0 Å². The number of hydrogen-bond acceptors (Lipinski definition) is 6. The maximum absolute atomic E-state index is 11.7. The Hall–Kier alpha value is -3.74. The number of benzene rings is 2. The molecule has 0 saturated carbocycles. The zero-order valence-electron chi connectivity index (χ0n) is 15.1. The van der Waals surface area contributed by atoms with Crippen molar-refractivity contribution in [2.75, 3.05) is 7.11 Å². The Labute approximate surface area is 158 Å². The SMILES string of the molecule is COc1ccc(-c2oc3c(O)c4oc(=O)cc(C)c4cc3c2CC(=O)O)cc1. The number of phenols is 1. The Morgan fingerprint density at radius 3 is 2.39 bits per heavy atom. The summed E-state index contributed by atoms with van der Waals surface area (Å²) in [6, 6.07) is 9.93. The number of fused-ring (bicyclic) bond motifs is 2. The Morgan fingerprint density at radius 1 is 1.07 bits per heavy atom. The number of hydrogen-bond donors (Lipinski definition) is 2. The number of rotatable bonds is 4. The van der Waals surface area contributed by atoms with Crippen LogP contribution in [0.3, 0.4) is 0 Å². The third-order valence-electron chi connectivity index (χ3n) is 4.65. The van der Waals surface area contributed by atoms with E-state index in [-0.39, 0.29) is 23.3 Å². The van der Waals surface area contributed by atoms with Gasteiger partial charge in [0.15, 0.2) is 11.2 Å². The summed E-state index contributed by atoms with van der Waals surface area (Å²) in [5.41, 5.74) is 1.16. The van der Waals surface area contributed by atoms with Gasteiger partial charge < -0.3 is 23.8 Å². The second-order valence-corrected chi connectivity index (χ2v) is 6.44. The number of furan rings is 1. The van der Waals surface area contributed by atoms with E-state index in [1.165, 1.54) is 6.07 Å². The van der Waals surface area contributed by atoms with Gasteiger partial charge in [-0.1, -0.05) is 0 Å². The fourth-order valence-electron chi connectivity index (χ4n) is 3.33. The maximum atomic E-state index is 11.7. The van der Waals surface area contributed by atoms with E-state index in [4.69, 9.17) is 13.6 Å². The molecule has 4 rings (SSSR count). The molecule has 0 amide bonds. The summed E-state index contributed by atoms with van der Waals surface area (Å²) in [6.45, 7) is 1.71. The average Bonchev–Trinajstić information content (AvgIpc) is 3.01. The van der Waals surface area contributed by atoms with Crippen molar-refractivity contribution in [2.45, 2.75) is 13.3 Å². The molecule has 0 bridgehead atoms. The fourth-order valence-corrected chi connectivity index (χ4v) is 3.33. The van der Waals surface area contributed by atoms with Crippen molar-refractivity contribution >= 4 is 27.9 Å². The molecule has 2 aromatic heterocycles. The predicted molar refractivity (Wildman–Crippen MR) is 102 cm³/mol. The van der Waals surface area contributed by atoms with Gasteiger partial charge in [-0.25, -0.2) is 4.79 Å². The minimum Gasteiger partial charge on any atom is -0.502 e. The number of aromatic hydroxyl groups is 1. The van der Waals surface area contributed by atoms with Crippen LogP contribution in [0, 0.1) is 6.92 Å². The Morgan fingerprint density at radius 2 is 1.75 bits per heavy atom. The molecule has 142 valence electrons. The molecule has 2 N–H and O–H groups in total. The summed E-state index contributed by atoms with van der Waals surface area (Å²) in [5.74, 6) is -0.399. The van der Waals surface area contributed by atoms with Crippen molar-refractivity contribution in [3.05, 3.63) is 57.9 Å². The largest absolute Gasteiger partial charge is 0.502 e. The number of carboxylic acid groups (broad SMARTS) is 1. The van der Waals surface area contributed by atoms with Gasteiger partial charge in [0.25, 0.3) is 0 Å². The van der Waals surface area contributed by atoms with Crippen LogP contribution in [-0.2, 0) is 11.2 Å². The van der Waals surface area contributed by atoms with Crippen LogP contribution < -0.4 is 10.4 Å². The number of ether oxygens (including phenoxy) is 1. The number of methoxy groups -OCH3 is 1. The highest BCUT2D eigenvalue weighted by Gasteiger charge is 2.23. The lowest BCUT2D eigenvalue weighted by atomic mass is 10.0. The van der Waals surface area contributed by atoms with Crippen molar-refractivity contribution in [2.24, 2.45) is 0 Å². The van der Waals surface area contributed by atoms with Gasteiger partial charge in [0.05, 0.1) is 13.5 Å². The van der Waals surface area contributed by atoms with E-state index in [2.05, 4.69) is 0 Å². The summed E-state index contributed by atoms with van der Waals surface area (Å²) >= 11 is 0. The highest BCUT2D eigenvalue weighted by molar-refractivity contribution is 6.05. The van der Waals surface area contributed by atoms with E-state index in [0.717, 1.165) is 0 Å². The molecule has 7 heteroatoms. The van der Waals surface area contributed by atoms with Crippen LogP contribution in [0.1, 0.15) is 11.1 Å². The summed E-state index contributed by atoms with van der Waals surface area (Å²) in [6.07, 6.45) is -0.296. The van der Waals surface area contributed by atoms with E-state index >= 15 is 0 Å². The lowest BCUT2D eigenvalue weighted by molar-refractivity contribution is -0.136. The molecule has 2 heterocycles. The molecule has 0 aliphatic carbocycles. The highest BCUT2D eigenvalue weighted by Crippen LogP contribution is 2.42. The number of carboxylic acids is 1. The second kappa shape index (κ2) is 6.45. The van der Waals surface area contributed by atoms with Gasteiger partial charge >= 0.3 is 11.6 Å². The van der Waals surface area contributed by atoms with Crippen molar-refractivity contribution in [3.63, 3.8) is 0 Å². The van der Waals surface area contributed by atoms with Crippen molar-refractivity contribution in [3.8, 4) is 22.8 Å². The first-order valence-electron chi connectivity index (χ1n) is 8.47. The lowest BCUT2D eigenvalue weighted by Crippen LogP contribution is -2.01. The maximum Gasteiger partial charge on any atom is 0.336 e. The highest BCUT2D eigenvalue weighted by atomic mass is 16.5. The van der Waals surface area contributed by atoms with Gasteiger partial charge in [0.2, 0.25) is 5.75 Å². The Balaban J connectivity index is 2.08. The van der Waals surface area contributed by atoms with Gasteiger partial charge in [0.1, 0.15) is 11.5 Å². The number of phenolic OH excluding ortho intramolecular Hbond substituents is 1. The number of aryl methyl sites for hydroxylation is 1. The van der Waals surface area contributed by atoms with Crippen LogP contribution in [0.5, 0.6) is 11.5 Å². The second-order valence-electron chi connectivity index (χ2n) is 6.44. The van der Waals surface area contributed by atoms with Gasteiger partial charge in [-0.05, 0) is 42.8 Å². The summed E-state index contributed by atoms with van der Waals surface area (Å²) in [5, 5.41) is 21.0. The molecule has 7 nitrogen and oxygen atoms in total. The van der Waals surface area contributed by atoms with Crippen LogP contribution in [-0.4, -0.2) is 23.3 Å². The molecule has 0 aliphatic heterocycles. The van der Waals surface area contributed by atoms with E-state index in [1.54, 1.807) is 44.4 Å². The quantitative estimate of drug-likeness (QED) is 0.517. The zero-order chi connectivity index (χ0) is 20.0. The van der Waals surface area contributed by atoms with Crippen molar-refractivity contribution in [1.82, 2.24) is 0 Å². The van der Waals surface area contributed by atoms with Gasteiger partial charge in [-0.2, -0.15) is 0 Å². The molecular formula is C21H16O7. The third-order valence-corrected chi connectivity index (χ3v) is 4.65. The molecule has 0 atom stereocenters. The zero-order valence-corrected chi connectivity index (χ0v) is 15.1.